The van der Waals surface area contributed by atoms with E-state index in [1.165, 1.54) is 6.07 Å². The Balaban J connectivity index is 2.90. The monoisotopic (exact) mass is 218 g/mol. The van der Waals surface area contributed by atoms with E-state index in [1.807, 2.05) is 13.0 Å². The Morgan fingerprint density at radius 3 is 2.50 bits per heavy atom. The molecule has 0 aromatic heterocycles. The van der Waals surface area contributed by atoms with Gasteiger partial charge in [-0.15, -0.1) is 0 Å². The lowest BCUT2D eigenvalue weighted by molar-refractivity contribution is 0.0691. The molecule has 0 aliphatic carbocycles. The summed E-state index contributed by atoms with van der Waals surface area (Å²) >= 11 is 0. The molecule has 4 heteroatoms. The lowest BCUT2D eigenvalue weighted by Gasteiger charge is -2.07. The van der Waals surface area contributed by atoms with E-state index in [0.717, 1.165) is 5.56 Å². The highest BCUT2D eigenvalue weighted by Gasteiger charge is 2.18. The quantitative estimate of drug-likeness (QED) is 0.686. The number of rotatable bonds is 1. The van der Waals surface area contributed by atoms with Crippen molar-refractivity contribution in [3.63, 3.8) is 0 Å². The summed E-state index contributed by atoms with van der Waals surface area (Å²) in [6.45, 7) is 1.84. The van der Waals surface area contributed by atoms with Crippen LogP contribution in [-0.2, 0) is 0 Å². The number of aromatic carboxylic acids is 1. The molecule has 2 aromatic rings. The van der Waals surface area contributed by atoms with Crippen LogP contribution in [0.1, 0.15) is 15.9 Å². The predicted molar refractivity (Wildman–Crippen MR) is 59.0 cm³/mol. The van der Waals surface area contributed by atoms with E-state index in [4.69, 9.17) is 5.11 Å². The molecule has 0 fully saturated rings. The predicted octanol–water partition coefficient (Wildman–Crippen LogP) is 2.26. The summed E-state index contributed by atoms with van der Waals surface area (Å²) in [5, 5.41) is 29.2. The molecule has 4 nitrogen and oxygen atoms in total. The fraction of sp³-hybridized carbons (Fsp3) is 0.0833. The molecule has 82 valence electrons. The van der Waals surface area contributed by atoms with Gasteiger partial charge in [0.05, 0.1) is 0 Å². The van der Waals surface area contributed by atoms with Gasteiger partial charge in [0.15, 0.2) is 0 Å². The molecule has 0 unspecified atom stereocenters. The zero-order valence-electron chi connectivity index (χ0n) is 8.56. The van der Waals surface area contributed by atoms with Crippen molar-refractivity contribution >= 4 is 16.7 Å². The van der Waals surface area contributed by atoms with Crippen LogP contribution in [0.2, 0.25) is 0 Å². The van der Waals surface area contributed by atoms with Gasteiger partial charge in [0.1, 0.15) is 17.1 Å². The van der Waals surface area contributed by atoms with Crippen LogP contribution in [0.3, 0.4) is 0 Å². The van der Waals surface area contributed by atoms with Gasteiger partial charge in [0, 0.05) is 5.39 Å². The molecule has 3 N–H and O–H groups in total. The topological polar surface area (TPSA) is 77.8 Å². The van der Waals surface area contributed by atoms with E-state index in [2.05, 4.69) is 0 Å². The first-order valence-corrected chi connectivity index (χ1v) is 4.69. The number of benzene rings is 2. The molecular weight excluding hydrogens is 208 g/mol. The van der Waals surface area contributed by atoms with Gasteiger partial charge >= 0.3 is 5.97 Å². The lowest BCUT2D eigenvalue weighted by atomic mass is 10.0. The molecule has 0 amide bonds. The Labute approximate surface area is 91.4 Å². The molecule has 16 heavy (non-hydrogen) atoms. The summed E-state index contributed by atoms with van der Waals surface area (Å²) in [5.74, 6) is -2.18. The van der Waals surface area contributed by atoms with Gasteiger partial charge in [-0.05, 0) is 24.4 Å². The fourth-order valence-electron chi connectivity index (χ4n) is 1.69. The third-order valence-corrected chi connectivity index (χ3v) is 2.46. The van der Waals surface area contributed by atoms with Crippen molar-refractivity contribution in [1.82, 2.24) is 0 Å². The van der Waals surface area contributed by atoms with Crippen molar-refractivity contribution in [2.24, 2.45) is 0 Å². The molecule has 0 radical (unpaired) electrons. The second-order valence-corrected chi connectivity index (χ2v) is 3.65. The third-order valence-electron chi connectivity index (χ3n) is 2.46. The first-order chi connectivity index (χ1) is 7.50. The minimum atomic E-state index is -1.35. The maximum absolute atomic E-state index is 10.9. The molecule has 0 spiro atoms. The third kappa shape index (κ3) is 1.44. The van der Waals surface area contributed by atoms with Crippen molar-refractivity contribution in [2.45, 2.75) is 6.92 Å². The highest BCUT2D eigenvalue weighted by atomic mass is 16.4. The molecule has 0 saturated carbocycles. The molecule has 0 saturated heterocycles. The number of carbonyl (C=O) groups is 1. The number of fused-ring (bicyclic) bond motifs is 1. The zero-order chi connectivity index (χ0) is 11.9. The van der Waals surface area contributed by atoms with Crippen LogP contribution in [0.15, 0.2) is 24.3 Å². The SMILES string of the molecule is Cc1ccc2cc(O)c(C(=O)O)c(O)c2c1. The molecule has 0 aliphatic heterocycles. The summed E-state index contributed by atoms with van der Waals surface area (Å²) < 4.78 is 0. The van der Waals surface area contributed by atoms with Gasteiger partial charge in [-0.25, -0.2) is 4.79 Å². The van der Waals surface area contributed by atoms with Gasteiger partial charge in [0.25, 0.3) is 0 Å². The van der Waals surface area contributed by atoms with Gasteiger partial charge in [-0.1, -0.05) is 17.7 Å². The summed E-state index contributed by atoms with van der Waals surface area (Å²) in [7, 11) is 0. The van der Waals surface area contributed by atoms with Gasteiger partial charge < -0.3 is 15.3 Å². The maximum Gasteiger partial charge on any atom is 0.343 e. The van der Waals surface area contributed by atoms with Crippen molar-refractivity contribution in [3.8, 4) is 11.5 Å². The van der Waals surface area contributed by atoms with Gasteiger partial charge in [-0.2, -0.15) is 0 Å². The van der Waals surface area contributed by atoms with Gasteiger partial charge in [-0.3, -0.25) is 0 Å². The molecular formula is C12H10O4. The molecule has 2 rings (SSSR count). The van der Waals surface area contributed by atoms with Crippen molar-refractivity contribution in [3.05, 3.63) is 35.4 Å². The number of hydrogen-bond donors (Lipinski definition) is 3. The number of carboxylic acids is 1. The van der Waals surface area contributed by atoms with E-state index < -0.39 is 23.0 Å². The Hall–Kier alpha value is -2.23. The molecule has 0 heterocycles. The summed E-state index contributed by atoms with van der Waals surface area (Å²) in [6, 6.07) is 6.55. The second-order valence-electron chi connectivity index (χ2n) is 3.65. The number of hydrogen-bond acceptors (Lipinski definition) is 3. The first kappa shape index (κ1) is 10.3. The number of aromatic hydroxyl groups is 2. The summed E-state index contributed by atoms with van der Waals surface area (Å²) in [6.07, 6.45) is 0. The van der Waals surface area contributed by atoms with Crippen LogP contribution >= 0.6 is 0 Å². The van der Waals surface area contributed by atoms with Crippen LogP contribution in [-0.4, -0.2) is 21.3 Å². The number of phenols is 2. The maximum atomic E-state index is 10.9. The average molecular weight is 218 g/mol. The molecule has 0 bridgehead atoms. The van der Waals surface area contributed by atoms with E-state index in [0.29, 0.717) is 10.8 Å². The highest BCUT2D eigenvalue weighted by Crippen LogP contribution is 2.35. The Kier molecular flexibility index (Phi) is 2.20. The summed E-state index contributed by atoms with van der Waals surface area (Å²) in [5.41, 5.74) is 0.447. The second kappa shape index (κ2) is 3.41. The van der Waals surface area contributed by atoms with E-state index >= 15 is 0 Å². The minimum absolute atomic E-state index is 0.397. The van der Waals surface area contributed by atoms with E-state index in [1.54, 1.807) is 12.1 Å². The Morgan fingerprint density at radius 2 is 1.88 bits per heavy atom. The van der Waals surface area contributed by atoms with Crippen molar-refractivity contribution in [1.29, 1.82) is 0 Å². The lowest BCUT2D eigenvalue weighted by Crippen LogP contribution is -1.98. The number of carboxylic acid groups (broad SMARTS) is 1. The van der Waals surface area contributed by atoms with Crippen LogP contribution in [0.5, 0.6) is 11.5 Å². The highest BCUT2D eigenvalue weighted by molar-refractivity contribution is 6.03. The van der Waals surface area contributed by atoms with Crippen LogP contribution < -0.4 is 0 Å². The minimum Gasteiger partial charge on any atom is -0.507 e. The van der Waals surface area contributed by atoms with Crippen LogP contribution in [0.25, 0.3) is 10.8 Å². The van der Waals surface area contributed by atoms with Crippen molar-refractivity contribution < 1.29 is 20.1 Å². The smallest absolute Gasteiger partial charge is 0.343 e. The Morgan fingerprint density at radius 1 is 1.19 bits per heavy atom. The zero-order valence-corrected chi connectivity index (χ0v) is 8.56. The standard InChI is InChI=1S/C12H10O4/c1-6-2-3-7-5-9(13)10(12(15)16)11(14)8(7)4-6/h2-5,13-14H,1H3,(H,15,16). The average Bonchev–Trinajstić information content (AvgIpc) is 2.19. The van der Waals surface area contributed by atoms with Gasteiger partial charge in [0.2, 0.25) is 0 Å². The molecule has 0 atom stereocenters. The number of aryl methyl sites for hydroxylation is 1. The largest absolute Gasteiger partial charge is 0.507 e. The molecule has 0 aliphatic rings. The van der Waals surface area contributed by atoms with E-state index in [-0.39, 0.29) is 0 Å². The van der Waals surface area contributed by atoms with E-state index in [9.17, 15) is 15.0 Å². The Bertz CT molecular complexity index is 587. The molecule has 2 aromatic carbocycles. The first-order valence-electron chi connectivity index (χ1n) is 4.69. The van der Waals surface area contributed by atoms with Crippen molar-refractivity contribution in [2.75, 3.05) is 0 Å². The van der Waals surface area contributed by atoms with Crippen LogP contribution in [0, 0.1) is 6.92 Å². The van der Waals surface area contributed by atoms with Crippen LogP contribution in [0.4, 0.5) is 0 Å². The summed E-state index contributed by atoms with van der Waals surface area (Å²) in [4.78, 5) is 10.9. The normalized spacial score (nSPS) is 10.6. The fourth-order valence-corrected chi connectivity index (χ4v) is 1.69.